The predicted molar refractivity (Wildman–Crippen MR) is 63.4 cm³/mol. The molecule has 1 heterocycles. The van der Waals surface area contributed by atoms with Gasteiger partial charge >= 0.3 is 5.69 Å². The molecule has 3 rings (SSSR count). The van der Waals surface area contributed by atoms with Crippen molar-refractivity contribution in [3.05, 3.63) is 57.9 Å². The minimum Gasteiger partial charge on any atom is -0.453 e. The van der Waals surface area contributed by atoms with Gasteiger partial charge in [0.25, 0.3) is 0 Å². The van der Waals surface area contributed by atoms with Crippen LogP contribution in [-0.2, 0) is 0 Å². The van der Waals surface area contributed by atoms with Crippen LogP contribution in [0.15, 0.2) is 42.2 Å². The number of hydrogen-bond donors (Lipinski definition) is 0. The van der Waals surface area contributed by atoms with E-state index in [1.807, 2.05) is 6.08 Å². The van der Waals surface area contributed by atoms with E-state index in [2.05, 4.69) is 0 Å². The molecule has 0 saturated carbocycles. The fourth-order valence-corrected chi connectivity index (χ4v) is 2.23. The highest BCUT2D eigenvalue weighted by molar-refractivity contribution is 6.04. The highest BCUT2D eigenvalue weighted by atomic mass is 16.6. The summed E-state index contributed by atoms with van der Waals surface area (Å²) in [5.74, 6) is 0.0923. The first kappa shape index (κ1) is 10.7. The van der Waals surface area contributed by atoms with Gasteiger partial charge in [-0.1, -0.05) is 18.2 Å². The van der Waals surface area contributed by atoms with Gasteiger partial charge in [0.05, 0.1) is 16.4 Å². The molecule has 0 bridgehead atoms. The molecule has 5 nitrogen and oxygen atoms in total. The molecule has 5 heteroatoms. The van der Waals surface area contributed by atoms with Crippen LogP contribution in [0.5, 0.6) is 5.75 Å². The van der Waals surface area contributed by atoms with Crippen LogP contribution in [0.4, 0.5) is 5.69 Å². The molecular formula is C13H9NO4. The lowest BCUT2D eigenvalue weighted by atomic mass is 9.87. The molecule has 0 fully saturated rings. The largest absolute Gasteiger partial charge is 0.453 e. The summed E-state index contributed by atoms with van der Waals surface area (Å²) in [4.78, 5) is 22.6. The molecule has 1 atom stereocenters. The van der Waals surface area contributed by atoms with Gasteiger partial charge in [-0.15, -0.1) is 0 Å². The molecule has 1 aromatic rings. The SMILES string of the molecule is O=C1c2cccc([N+](=O)[O-])c2OC2=CC=CCC12. The van der Waals surface area contributed by atoms with Crippen molar-refractivity contribution in [1.29, 1.82) is 0 Å². The number of rotatable bonds is 1. The molecule has 1 aliphatic heterocycles. The lowest BCUT2D eigenvalue weighted by Crippen LogP contribution is -2.27. The Bertz CT molecular complexity index is 615. The molecule has 0 spiro atoms. The third kappa shape index (κ3) is 1.44. The van der Waals surface area contributed by atoms with E-state index in [0.717, 1.165) is 0 Å². The zero-order valence-electron chi connectivity index (χ0n) is 9.33. The third-order valence-corrected chi connectivity index (χ3v) is 3.10. The normalized spacial score (nSPS) is 20.6. The van der Waals surface area contributed by atoms with Crippen molar-refractivity contribution in [3.63, 3.8) is 0 Å². The van der Waals surface area contributed by atoms with E-state index in [-0.39, 0.29) is 23.1 Å². The van der Waals surface area contributed by atoms with E-state index in [1.54, 1.807) is 18.2 Å². The number of ketones is 1. The zero-order chi connectivity index (χ0) is 12.7. The van der Waals surface area contributed by atoms with Crippen LogP contribution in [0.2, 0.25) is 0 Å². The zero-order valence-corrected chi connectivity index (χ0v) is 9.33. The summed E-state index contributed by atoms with van der Waals surface area (Å²) < 4.78 is 5.55. The minimum absolute atomic E-state index is 0.0605. The molecule has 0 saturated heterocycles. The number of allylic oxidation sites excluding steroid dienone is 4. The van der Waals surface area contributed by atoms with Gasteiger partial charge in [0.15, 0.2) is 5.78 Å². The number of carbonyl (C=O) groups excluding carboxylic acids is 1. The van der Waals surface area contributed by atoms with Gasteiger partial charge in [-0.25, -0.2) is 0 Å². The number of nitro benzene ring substituents is 1. The predicted octanol–water partition coefficient (Wildman–Crippen LogP) is 2.63. The Morgan fingerprint density at radius 1 is 1.39 bits per heavy atom. The highest BCUT2D eigenvalue weighted by Crippen LogP contribution is 2.41. The van der Waals surface area contributed by atoms with Gasteiger partial charge in [-0.3, -0.25) is 14.9 Å². The van der Waals surface area contributed by atoms with Gasteiger partial charge in [-0.2, -0.15) is 0 Å². The standard InChI is InChI=1S/C13H9NO4/c15-12-8-4-1-2-7-11(8)18-13-9(12)5-3-6-10(13)14(16)17/h1-3,5-8H,4H2. The van der Waals surface area contributed by atoms with Crippen molar-refractivity contribution in [2.45, 2.75) is 6.42 Å². The number of ether oxygens (including phenoxy) is 1. The van der Waals surface area contributed by atoms with E-state index in [1.165, 1.54) is 12.1 Å². The number of para-hydroxylation sites is 1. The molecule has 1 unspecified atom stereocenters. The highest BCUT2D eigenvalue weighted by Gasteiger charge is 2.37. The fraction of sp³-hybridized carbons (Fsp3) is 0.154. The number of nitro groups is 1. The van der Waals surface area contributed by atoms with Crippen molar-refractivity contribution in [2.24, 2.45) is 5.92 Å². The molecule has 0 radical (unpaired) electrons. The maximum Gasteiger partial charge on any atom is 0.312 e. The second-order valence-electron chi connectivity index (χ2n) is 4.16. The van der Waals surface area contributed by atoms with Crippen molar-refractivity contribution in [3.8, 4) is 5.75 Å². The second kappa shape index (κ2) is 3.80. The Labute approximate surface area is 103 Å². The van der Waals surface area contributed by atoms with Gasteiger partial charge in [-0.05, 0) is 18.6 Å². The first-order chi connectivity index (χ1) is 8.68. The smallest absolute Gasteiger partial charge is 0.312 e. The summed E-state index contributed by atoms with van der Waals surface area (Å²) in [6.07, 6.45) is 5.94. The molecule has 0 amide bonds. The average molecular weight is 243 g/mol. The van der Waals surface area contributed by atoms with Gasteiger partial charge in [0.1, 0.15) is 5.76 Å². The third-order valence-electron chi connectivity index (χ3n) is 3.10. The van der Waals surface area contributed by atoms with Crippen LogP contribution in [0.1, 0.15) is 16.8 Å². The molecule has 0 aromatic heterocycles. The molecule has 90 valence electrons. The van der Waals surface area contributed by atoms with Gasteiger partial charge in [0, 0.05) is 6.07 Å². The summed E-state index contributed by atoms with van der Waals surface area (Å²) in [7, 11) is 0. The summed E-state index contributed by atoms with van der Waals surface area (Å²) >= 11 is 0. The lowest BCUT2D eigenvalue weighted by Gasteiger charge is -2.26. The Morgan fingerprint density at radius 2 is 2.22 bits per heavy atom. The number of hydrogen-bond acceptors (Lipinski definition) is 4. The molecule has 2 aliphatic rings. The van der Waals surface area contributed by atoms with Crippen molar-refractivity contribution in [2.75, 3.05) is 0 Å². The summed E-state index contributed by atoms with van der Waals surface area (Å²) in [6, 6.07) is 4.41. The Kier molecular flexibility index (Phi) is 2.26. The van der Waals surface area contributed by atoms with Gasteiger partial charge in [0.2, 0.25) is 5.75 Å². The molecular weight excluding hydrogens is 234 g/mol. The van der Waals surface area contributed by atoms with E-state index < -0.39 is 4.92 Å². The monoisotopic (exact) mass is 243 g/mol. The van der Waals surface area contributed by atoms with Crippen LogP contribution in [-0.4, -0.2) is 10.7 Å². The Balaban J connectivity index is 2.18. The average Bonchev–Trinajstić information content (AvgIpc) is 2.38. The maximum atomic E-state index is 12.2. The van der Waals surface area contributed by atoms with E-state index in [4.69, 9.17) is 4.74 Å². The van der Waals surface area contributed by atoms with Crippen LogP contribution in [0.3, 0.4) is 0 Å². The number of Topliss-reactive ketones (excluding diaryl/α,β-unsaturated/α-hetero) is 1. The van der Waals surface area contributed by atoms with E-state index in [0.29, 0.717) is 17.7 Å². The minimum atomic E-state index is -0.536. The topological polar surface area (TPSA) is 69.4 Å². The van der Waals surface area contributed by atoms with Crippen LogP contribution < -0.4 is 4.74 Å². The first-order valence-electron chi connectivity index (χ1n) is 5.54. The molecule has 0 N–H and O–H groups in total. The molecule has 1 aromatic carbocycles. The molecule has 18 heavy (non-hydrogen) atoms. The first-order valence-corrected chi connectivity index (χ1v) is 5.54. The van der Waals surface area contributed by atoms with Crippen molar-refractivity contribution >= 4 is 11.5 Å². The summed E-state index contributed by atoms with van der Waals surface area (Å²) in [5, 5.41) is 10.9. The van der Waals surface area contributed by atoms with Gasteiger partial charge < -0.3 is 4.74 Å². The number of fused-ring (bicyclic) bond motifs is 2. The van der Waals surface area contributed by atoms with Crippen LogP contribution in [0, 0.1) is 16.0 Å². The van der Waals surface area contributed by atoms with E-state index in [9.17, 15) is 14.9 Å². The summed E-state index contributed by atoms with van der Waals surface area (Å²) in [5.41, 5.74) is 0.122. The Hall–Kier alpha value is -2.43. The number of benzene rings is 1. The van der Waals surface area contributed by atoms with E-state index >= 15 is 0 Å². The van der Waals surface area contributed by atoms with Crippen LogP contribution in [0.25, 0.3) is 0 Å². The lowest BCUT2D eigenvalue weighted by molar-refractivity contribution is -0.385. The van der Waals surface area contributed by atoms with Crippen LogP contribution >= 0.6 is 0 Å². The number of carbonyl (C=O) groups is 1. The Morgan fingerprint density at radius 3 is 3.00 bits per heavy atom. The quantitative estimate of drug-likeness (QED) is 0.561. The maximum absolute atomic E-state index is 12.2. The fourth-order valence-electron chi connectivity index (χ4n) is 2.23. The number of nitrogens with zero attached hydrogens (tertiary/aromatic N) is 1. The van der Waals surface area contributed by atoms with Crippen molar-refractivity contribution in [1.82, 2.24) is 0 Å². The molecule has 1 aliphatic carbocycles. The summed E-state index contributed by atoms with van der Waals surface area (Å²) in [6.45, 7) is 0. The van der Waals surface area contributed by atoms with Crippen molar-refractivity contribution < 1.29 is 14.5 Å². The second-order valence-corrected chi connectivity index (χ2v) is 4.16.